The van der Waals surface area contributed by atoms with Gasteiger partial charge in [-0.1, -0.05) is 30.3 Å². The Hall–Kier alpha value is -1.49. The summed E-state index contributed by atoms with van der Waals surface area (Å²) in [5, 5.41) is 0. The van der Waals surface area contributed by atoms with Gasteiger partial charge >= 0.3 is 0 Å². The Bertz CT molecular complexity index is 578. The van der Waals surface area contributed by atoms with Crippen LogP contribution in [-0.4, -0.2) is 9.30 Å². The van der Waals surface area contributed by atoms with Crippen molar-refractivity contribution in [2.24, 2.45) is 0 Å². The van der Waals surface area contributed by atoms with Crippen molar-refractivity contribution in [1.82, 2.24) is 4.72 Å². The van der Waals surface area contributed by atoms with E-state index in [0.717, 1.165) is 17.1 Å². The van der Waals surface area contributed by atoms with Gasteiger partial charge in [0, 0.05) is 11.4 Å². The number of para-hydroxylation sites is 1. The van der Waals surface area contributed by atoms with Crippen molar-refractivity contribution in [3.63, 3.8) is 0 Å². The highest BCUT2D eigenvalue weighted by Crippen LogP contribution is 2.24. The molecule has 3 nitrogen and oxygen atoms in total. The molecule has 0 saturated heterocycles. The summed E-state index contributed by atoms with van der Waals surface area (Å²) in [5.41, 5.74) is 1.08. The topological polar surface area (TPSA) is 44.3 Å². The summed E-state index contributed by atoms with van der Waals surface area (Å²) < 4.78 is 20.8. The minimum absolute atomic E-state index is 0.0193. The van der Waals surface area contributed by atoms with Gasteiger partial charge in [-0.05, 0) is 57.5 Å². The van der Waals surface area contributed by atoms with Crippen LogP contribution in [0.4, 0.5) is 0 Å². The Kier molecular flexibility index (Phi) is 5.51. The average Bonchev–Trinajstić information content (AvgIpc) is 2.48. The Morgan fingerprint density at radius 3 is 2.05 bits per heavy atom. The predicted octanol–water partition coefficient (Wildman–Crippen LogP) is 4.59. The van der Waals surface area contributed by atoms with Crippen LogP contribution in [0.15, 0.2) is 54.6 Å². The molecule has 0 amide bonds. The van der Waals surface area contributed by atoms with Crippen molar-refractivity contribution >= 4 is 11.4 Å². The maximum absolute atomic E-state index is 12.1. The second-order valence-electron chi connectivity index (χ2n) is 6.20. The van der Waals surface area contributed by atoms with E-state index in [9.17, 15) is 4.55 Å². The van der Waals surface area contributed by atoms with Crippen molar-refractivity contribution in [2.45, 2.75) is 38.5 Å². The van der Waals surface area contributed by atoms with Crippen LogP contribution in [0.3, 0.4) is 0 Å². The van der Waals surface area contributed by atoms with Crippen LogP contribution in [0.1, 0.15) is 39.3 Å². The molecule has 0 spiro atoms. The Balaban J connectivity index is 1.99. The minimum Gasteiger partial charge on any atom is -0.598 e. The number of hydrogen-bond acceptors (Lipinski definition) is 3. The number of hydrogen-bond donors (Lipinski definition) is 1. The Morgan fingerprint density at radius 1 is 0.955 bits per heavy atom. The van der Waals surface area contributed by atoms with Crippen LogP contribution in [0, 0.1) is 0 Å². The van der Waals surface area contributed by atoms with Crippen molar-refractivity contribution in [2.75, 3.05) is 0 Å². The third-order valence-corrected chi connectivity index (χ3v) is 4.88. The number of ether oxygens (including phenoxy) is 1. The summed E-state index contributed by atoms with van der Waals surface area (Å²) >= 11 is -1.09. The van der Waals surface area contributed by atoms with Crippen LogP contribution in [-0.2, 0) is 11.4 Å². The molecular formula is C18H23NO2S. The Labute approximate surface area is 136 Å². The summed E-state index contributed by atoms with van der Waals surface area (Å²) in [6.45, 7) is 7.88. The van der Waals surface area contributed by atoms with Crippen molar-refractivity contribution in [3.05, 3.63) is 60.2 Å². The lowest BCUT2D eigenvalue weighted by atomic mass is 10.1. The standard InChI is InChI=1S/C18H23NO2S/c1-14(19-22(20)18(2,3)4)15-10-12-17(13-11-15)21-16-8-6-5-7-9-16/h5-14,19H,1-4H3/t14-,22+/m1/s1. The van der Waals surface area contributed by atoms with Crippen molar-refractivity contribution in [1.29, 1.82) is 0 Å². The van der Waals surface area contributed by atoms with Crippen molar-refractivity contribution in [3.8, 4) is 11.5 Å². The molecule has 118 valence electrons. The van der Waals surface area contributed by atoms with E-state index in [2.05, 4.69) is 4.72 Å². The second-order valence-corrected chi connectivity index (χ2v) is 8.20. The van der Waals surface area contributed by atoms with Gasteiger partial charge < -0.3 is 9.29 Å². The van der Waals surface area contributed by atoms with E-state index >= 15 is 0 Å². The van der Waals surface area contributed by atoms with Crippen LogP contribution in [0.2, 0.25) is 0 Å². The van der Waals surface area contributed by atoms with E-state index < -0.39 is 11.4 Å². The molecule has 22 heavy (non-hydrogen) atoms. The third kappa shape index (κ3) is 4.77. The van der Waals surface area contributed by atoms with E-state index in [1.807, 2.05) is 82.3 Å². The largest absolute Gasteiger partial charge is 0.598 e. The zero-order valence-electron chi connectivity index (χ0n) is 13.5. The quantitative estimate of drug-likeness (QED) is 0.820. The fraction of sp³-hybridized carbons (Fsp3) is 0.333. The molecule has 0 aromatic heterocycles. The lowest BCUT2D eigenvalue weighted by molar-refractivity contribution is 0.482. The SMILES string of the molecule is C[C@@H](N[S@@+]([O-])C(C)(C)C)c1ccc(Oc2ccccc2)cc1. The minimum atomic E-state index is -1.09. The third-order valence-electron chi connectivity index (χ3n) is 3.20. The van der Waals surface area contributed by atoms with Gasteiger partial charge in [0.15, 0.2) is 0 Å². The first-order chi connectivity index (χ1) is 10.4. The monoisotopic (exact) mass is 317 g/mol. The molecule has 0 radical (unpaired) electrons. The van der Waals surface area contributed by atoms with E-state index in [-0.39, 0.29) is 10.8 Å². The number of nitrogens with one attached hydrogen (secondary N) is 1. The molecule has 2 rings (SSSR count). The normalized spacial score (nSPS) is 14.4. The fourth-order valence-corrected chi connectivity index (χ4v) is 2.67. The summed E-state index contributed by atoms with van der Waals surface area (Å²) in [6.07, 6.45) is 0. The van der Waals surface area contributed by atoms with Gasteiger partial charge in [0.25, 0.3) is 0 Å². The van der Waals surface area contributed by atoms with Gasteiger partial charge in [0.1, 0.15) is 16.2 Å². The van der Waals surface area contributed by atoms with Gasteiger partial charge in [-0.2, -0.15) is 0 Å². The maximum Gasteiger partial charge on any atom is 0.136 e. The molecule has 2 atom stereocenters. The highest BCUT2D eigenvalue weighted by atomic mass is 32.2. The molecule has 4 heteroatoms. The van der Waals surface area contributed by atoms with Gasteiger partial charge in [-0.3, -0.25) is 0 Å². The molecular weight excluding hydrogens is 294 g/mol. The van der Waals surface area contributed by atoms with Crippen molar-refractivity contribution < 1.29 is 9.29 Å². The fourth-order valence-electron chi connectivity index (χ4n) is 1.85. The van der Waals surface area contributed by atoms with E-state index in [1.54, 1.807) is 0 Å². The molecule has 1 N–H and O–H groups in total. The van der Waals surface area contributed by atoms with Crippen LogP contribution in [0.25, 0.3) is 0 Å². The van der Waals surface area contributed by atoms with Crippen LogP contribution in [0.5, 0.6) is 11.5 Å². The first kappa shape index (κ1) is 16.9. The van der Waals surface area contributed by atoms with Gasteiger partial charge in [-0.15, -0.1) is 4.72 Å². The van der Waals surface area contributed by atoms with Gasteiger partial charge in [-0.25, -0.2) is 0 Å². The lowest BCUT2D eigenvalue weighted by Gasteiger charge is -2.26. The predicted molar refractivity (Wildman–Crippen MR) is 92.4 cm³/mol. The lowest BCUT2D eigenvalue weighted by Crippen LogP contribution is -2.40. The first-order valence-corrected chi connectivity index (χ1v) is 8.52. The Morgan fingerprint density at radius 2 is 1.50 bits per heavy atom. The average molecular weight is 317 g/mol. The van der Waals surface area contributed by atoms with Crippen LogP contribution >= 0.6 is 0 Å². The second kappa shape index (κ2) is 7.18. The van der Waals surface area contributed by atoms with E-state index in [1.165, 1.54) is 0 Å². The molecule has 0 fully saturated rings. The van der Waals surface area contributed by atoms with E-state index in [0.29, 0.717) is 0 Å². The smallest absolute Gasteiger partial charge is 0.136 e. The zero-order chi connectivity index (χ0) is 16.2. The molecule has 2 aromatic rings. The van der Waals surface area contributed by atoms with E-state index in [4.69, 9.17) is 4.74 Å². The summed E-state index contributed by atoms with van der Waals surface area (Å²) in [4.78, 5) is 0. The van der Waals surface area contributed by atoms with Gasteiger partial charge in [0.2, 0.25) is 0 Å². The molecule has 0 unspecified atom stereocenters. The zero-order valence-corrected chi connectivity index (χ0v) is 14.3. The molecule has 0 bridgehead atoms. The number of rotatable bonds is 5. The summed E-state index contributed by atoms with van der Waals surface area (Å²) in [6, 6.07) is 17.6. The number of benzene rings is 2. The first-order valence-electron chi connectivity index (χ1n) is 7.37. The van der Waals surface area contributed by atoms with Gasteiger partial charge in [0.05, 0.1) is 6.04 Å². The molecule has 0 aliphatic carbocycles. The molecule has 0 saturated carbocycles. The molecule has 2 aromatic carbocycles. The summed E-state index contributed by atoms with van der Waals surface area (Å²) in [7, 11) is 0. The highest BCUT2D eigenvalue weighted by Gasteiger charge is 2.28. The molecule has 0 aliphatic rings. The molecule has 0 heterocycles. The van der Waals surface area contributed by atoms with Crippen LogP contribution < -0.4 is 9.46 Å². The highest BCUT2D eigenvalue weighted by molar-refractivity contribution is 7.90. The molecule has 0 aliphatic heterocycles. The maximum atomic E-state index is 12.1. The summed E-state index contributed by atoms with van der Waals surface area (Å²) in [5.74, 6) is 1.61.